The van der Waals surface area contributed by atoms with Crippen LogP contribution in [0.5, 0.6) is 5.75 Å². The molecule has 2 aromatic rings. The Morgan fingerprint density at radius 1 is 1.38 bits per heavy atom. The Bertz CT molecular complexity index is 816. The molecule has 6 nitrogen and oxygen atoms in total. The Kier molecular flexibility index (Phi) is 5.61. The van der Waals surface area contributed by atoms with E-state index >= 15 is 0 Å². The van der Waals surface area contributed by atoms with Gasteiger partial charge >= 0.3 is 10.1 Å². The van der Waals surface area contributed by atoms with Crippen LogP contribution < -0.4 is 9.92 Å². The quantitative estimate of drug-likeness (QED) is 0.771. The minimum atomic E-state index is -4.15. The van der Waals surface area contributed by atoms with Gasteiger partial charge in [0.15, 0.2) is 5.03 Å². The topological polar surface area (TPSA) is 87.2 Å². The van der Waals surface area contributed by atoms with Gasteiger partial charge in [-0.25, -0.2) is 9.37 Å². The van der Waals surface area contributed by atoms with Crippen molar-refractivity contribution in [2.24, 2.45) is 5.73 Å². The van der Waals surface area contributed by atoms with Gasteiger partial charge in [-0.3, -0.25) is 0 Å². The predicted octanol–water partition coefficient (Wildman–Crippen LogP) is 2.43. The van der Waals surface area contributed by atoms with Crippen molar-refractivity contribution < 1.29 is 17.0 Å². The summed E-state index contributed by atoms with van der Waals surface area (Å²) in [7, 11) is -4.15. The molecule has 1 heterocycles. The number of nitrogens with two attached hydrogens (primary N) is 1. The maximum atomic E-state index is 13.3. The van der Waals surface area contributed by atoms with E-state index in [4.69, 9.17) is 9.92 Å². The summed E-state index contributed by atoms with van der Waals surface area (Å²) >= 11 is 0. The fourth-order valence-electron chi connectivity index (χ4n) is 2.47. The molecule has 0 radical (unpaired) electrons. The maximum Gasteiger partial charge on any atom is 0.357 e. The van der Waals surface area contributed by atoms with Gasteiger partial charge in [-0.05, 0) is 31.5 Å². The standard InChI is InChI=1S/C16H22FN3O3S/c1-4-20-14(8-9-18)19-15(11(2)3)16(20)24(21,22)23-13-7-5-6-12(17)10-13/h5-7,10-11H,4,8-9,18H2,1-3H3. The molecular weight excluding hydrogens is 333 g/mol. The first-order chi connectivity index (χ1) is 11.3. The zero-order valence-corrected chi connectivity index (χ0v) is 14.8. The minimum Gasteiger partial charge on any atom is -0.378 e. The van der Waals surface area contributed by atoms with E-state index in [0.29, 0.717) is 31.0 Å². The smallest absolute Gasteiger partial charge is 0.357 e. The third-order valence-corrected chi connectivity index (χ3v) is 4.81. The molecule has 2 N–H and O–H groups in total. The third kappa shape index (κ3) is 3.76. The van der Waals surface area contributed by atoms with Gasteiger partial charge in [-0.15, -0.1) is 0 Å². The van der Waals surface area contributed by atoms with E-state index in [1.807, 2.05) is 20.8 Å². The van der Waals surface area contributed by atoms with Gasteiger partial charge in [0.25, 0.3) is 0 Å². The first-order valence-electron chi connectivity index (χ1n) is 7.79. The Labute approximate surface area is 141 Å². The molecule has 0 saturated carbocycles. The first-order valence-corrected chi connectivity index (χ1v) is 9.20. The minimum absolute atomic E-state index is 0.00714. The molecule has 0 saturated heterocycles. The molecule has 0 amide bonds. The van der Waals surface area contributed by atoms with E-state index in [0.717, 1.165) is 6.07 Å². The lowest BCUT2D eigenvalue weighted by atomic mass is 10.1. The van der Waals surface area contributed by atoms with Crippen molar-refractivity contribution in [3.63, 3.8) is 0 Å². The lowest BCUT2D eigenvalue weighted by Gasteiger charge is -2.13. The summed E-state index contributed by atoms with van der Waals surface area (Å²) in [6.07, 6.45) is 0.461. The molecule has 0 aliphatic heterocycles. The van der Waals surface area contributed by atoms with E-state index in [9.17, 15) is 12.8 Å². The van der Waals surface area contributed by atoms with Crippen molar-refractivity contribution in [3.8, 4) is 5.75 Å². The molecule has 0 atom stereocenters. The fraction of sp³-hybridized carbons (Fsp3) is 0.438. The van der Waals surface area contributed by atoms with E-state index in [1.165, 1.54) is 18.2 Å². The molecule has 0 spiro atoms. The van der Waals surface area contributed by atoms with Crippen LogP contribution in [0.3, 0.4) is 0 Å². The van der Waals surface area contributed by atoms with Gasteiger partial charge in [-0.1, -0.05) is 19.9 Å². The van der Waals surface area contributed by atoms with Crippen molar-refractivity contribution in [1.82, 2.24) is 9.55 Å². The number of benzene rings is 1. The molecular formula is C16H22FN3O3S. The highest BCUT2D eigenvalue weighted by Crippen LogP contribution is 2.28. The Hall–Kier alpha value is -1.93. The number of nitrogens with zero attached hydrogens (tertiary/aromatic N) is 2. The number of hydrogen-bond donors (Lipinski definition) is 1. The van der Waals surface area contributed by atoms with Gasteiger partial charge < -0.3 is 14.5 Å². The molecule has 2 rings (SSSR count). The van der Waals surface area contributed by atoms with Crippen LogP contribution >= 0.6 is 0 Å². The summed E-state index contributed by atoms with van der Waals surface area (Å²) in [6.45, 7) is 6.31. The summed E-state index contributed by atoms with van der Waals surface area (Å²) in [5, 5.41) is 0.00714. The van der Waals surface area contributed by atoms with Gasteiger partial charge in [0, 0.05) is 19.0 Å². The van der Waals surface area contributed by atoms with Crippen molar-refractivity contribution in [2.45, 2.75) is 44.7 Å². The van der Waals surface area contributed by atoms with Crippen LogP contribution in [-0.4, -0.2) is 24.5 Å². The zero-order valence-electron chi connectivity index (χ0n) is 14.0. The number of halogens is 1. The van der Waals surface area contributed by atoms with Gasteiger partial charge in [-0.2, -0.15) is 8.42 Å². The summed E-state index contributed by atoms with van der Waals surface area (Å²) in [4.78, 5) is 4.45. The second-order valence-electron chi connectivity index (χ2n) is 5.65. The Balaban J connectivity index is 2.55. The number of hydrogen-bond acceptors (Lipinski definition) is 5. The average Bonchev–Trinajstić information content (AvgIpc) is 2.87. The predicted molar refractivity (Wildman–Crippen MR) is 89.0 cm³/mol. The lowest BCUT2D eigenvalue weighted by Crippen LogP contribution is -2.18. The van der Waals surface area contributed by atoms with Gasteiger partial charge in [0.05, 0.1) is 5.69 Å². The van der Waals surface area contributed by atoms with Crippen molar-refractivity contribution >= 4 is 10.1 Å². The highest BCUT2D eigenvalue weighted by atomic mass is 32.2. The van der Waals surface area contributed by atoms with Crippen molar-refractivity contribution in [2.75, 3.05) is 6.54 Å². The van der Waals surface area contributed by atoms with Crippen LogP contribution in [0.1, 0.15) is 38.2 Å². The Morgan fingerprint density at radius 3 is 2.62 bits per heavy atom. The highest BCUT2D eigenvalue weighted by Gasteiger charge is 2.30. The molecule has 24 heavy (non-hydrogen) atoms. The van der Waals surface area contributed by atoms with Gasteiger partial charge in [0.2, 0.25) is 0 Å². The fourth-order valence-corrected chi connectivity index (χ4v) is 3.95. The number of rotatable bonds is 7. The molecule has 0 bridgehead atoms. The summed E-state index contributed by atoms with van der Waals surface area (Å²) in [5.41, 5.74) is 6.02. The van der Waals surface area contributed by atoms with E-state index in [-0.39, 0.29) is 16.7 Å². The highest BCUT2D eigenvalue weighted by molar-refractivity contribution is 7.87. The van der Waals surface area contributed by atoms with Crippen molar-refractivity contribution in [1.29, 1.82) is 0 Å². The van der Waals surface area contributed by atoms with Crippen LogP contribution in [0.25, 0.3) is 0 Å². The summed E-state index contributed by atoms with van der Waals surface area (Å²) in [6, 6.07) is 5.03. The molecule has 1 aromatic heterocycles. The van der Waals surface area contributed by atoms with E-state index < -0.39 is 15.9 Å². The largest absolute Gasteiger partial charge is 0.378 e. The van der Waals surface area contributed by atoms with Gasteiger partial charge in [0.1, 0.15) is 17.4 Å². The molecule has 8 heteroatoms. The third-order valence-electron chi connectivity index (χ3n) is 3.50. The average molecular weight is 355 g/mol. The molecule has 132 valence electrons. The number of imidazole rings is 1. The van der Waals surface area contributed by atoms with Crippen LogP contribution in [0.15, 0.2) is 29.3 Å². The second kappa shape index (κ2) is 7.31. The normalized spacial score (nSPS) is 11.9. The van der Waals surface area contributed by atoms with Crippen LogP contribution in [0.2, 0.25) is 0 Å². The zero-order chi connectivity index (χ0) is 17.9. The van der Waals surface area contributed by atoms with Crippen LogP contribution in [0.4, 0.5) is 4.39 Å². The summed E-state index contributed by atoms with van der Waals surface area (Å²) in [5.74, 6) is -0.158. The van der Waals surface area contributed by atoms with E-state index in [2.05, 4.69) is 4.98 Å². The molecule has 0 fully saturated rings. The van der Waals surface area contributed by atoms with Crippen LogP contribution in [-0.2, 0) is 23.1 Å². The molecule has 0 aliphatic carbocycles. The SMILES string of the molecule is CCn1c(CCN)nc(C(C)C)c1S(=O)(=O)Oc1cccc(F)c1. The lowest BCUT2D eigenvalue weighted by molar-refractivity contribution is 0.467. The summed E-state index contributed by atoms with van der Waals surface area (Å²) < 4.78 is 45.6. The number of aromatic nitrogens is 2. The second-order valence-corrected chi connectivity index (χ2v) is 7.11. The molecule has 0 unspecified atom stereocenters. The monoisotopic (exact) mass is 355 g/mol. The maximum absolute atomic E-state index is 13.3. The van der Waals surface area contributed by atoms with Crippen molar-refractivity contribution in [3.05, 3.63) is 41.6 Å². The van der Waals surface area contributed by atoms with E-state index in [1.54, 1.807) is 4.57 Å². The first kappa shape index (κ1) is 18.4. The van der Waals surface area contributed by atoms with Crippen LogP contribution in [0, 0.1) is 5.82 Å². The molecule has 1 aromatic carbocycles. The molecule has 0 aliphatic rings. The Morgan fingerprint density at radius 2 is 2.08 bits per heavy atom.